The third-order valence-electron chi connectivity index (χ3n) is 4.82. The number of fused-ring (bicyclic) bond motifs is 1. The Bertz CT molecular complexity index is 635. The average molecular weight is 285 g/mol. The summed E-state index contributed by atoms with van der Waals surface area (Å²) in [5.41, 5.74) is 1.13. The van der Waals surface area contributed by atoms with E-state index in [1.807, 2.05) is 18.2 Å². The van der Waals surface area contributed by atoms with Crippen LogP contribution in [0.1, 0.15) is 27.2 Å². The first-order valence-electron chi connectivity index (χ1n) is 7.60. The molecule has 21 heavy (non-hydrogen) atoms. The van der Waals surface area contributed by atoms with E-state index in [4.69, 9.17) is 4.74 Å². The second kappa shape index (κ2) is 5.26. The molecule has 1 aromatic heterocycles. The molecule has 0 N–H and O–H groups in total. The standard InChI is InChI=1S/C17H23N3O/c1-5-21-15-10-14(17(15,2)3)20(4)16-12-8-6-7-9-13(12)18-11-19-16/h6-9,11,14-15H,5,10H2,1-4H3. The average Bonchev–Trinajstić information content (AvgIpc) is 2.50. The van der Waals surface area contributed by atoms with Gasteiger partial charge in [0.05, 0.1) is 11.6 Å². The molecule has 3 rings (SSSR count). The van der Waals surface area contributed by atoms with E-state index >= 15 is 0 Å². The molecule has 1 saturated carbocycles. The van der Waals surface area contributed by atoms with Crippen LogP contribution in [0, 0.1) is 5.41 Å². The molecular weight excluding hydrogens is 262 g/mol. The van der Waals surface area contributed by atoms with Gasteiger partial charge in [0.1, 0.15) is 12.1 Å². The van der Waals surface area contributed by atoms with Gasteiger partial charge >= 0.3 is 0 Å². The lowest BCUT2D eigenvalue weighted by Gasteiger charge is -2.55. The van der Waals surface area contributed by atoms with Crippen LogP contribution in [-0.4, -0.2) is 35.8 Å². The molecule has 0 aliphatic heterocycles. The highest BCUT2D eigenvalue weighted by atomic mass is 16.5. The number of hydrogen-bond acceptors (Lipinski definition) is 4. The Balaban J connectivity index is 1.90. The number of ether oxygens (including phenoxy) is 1. The van der Waals surface area contributed by atoms with Gasteiger partial charge in [0.15, 0.2) is 0 Å². The monoisotopic (exact) mass is 285 g/mol. The van der Waals surface area contributed by atoms with Crippen molar-refractivity contribution in [3.63, 3.8) is 0 Å². The first-order valence-corrected chi connectivity index (χ1v) is 7.60. The zero-order valence-corrected chi connectivity index (χ0v) is 13.2. The summed E-state index contributed by atoms with van der Waals surface area (Å²) in [7, 11) is 2.13. The summed E-state index contributed by atoms with van der Waals surface area (Å²) in [6.45, 7) is 7.40. The van der Waals surface area contributed by atoms with Crippen LogP contribution in [-0.2, 0) is 4.74 Å². The van der Waals surface area contributed by atoms with E-state index in [9.17, 15) is 0 Å². The van der Waals surface area contributed by atoms with Gasteiger partial charge in [-0.1, -0.05) is 26.0 Å². The normalized spacial score (nSPS) is 23.8. The number of nitrogens with zero attached hydrogens (tertiary/aromatic N) is 3. The van der Waals surface area contributed by atoms with Crippen molar-refractivity contribution < 1.29 is 4.74 Å². The molecular formula is C17H23N3O. The third-order valence-corrected chi connectivity index (χ3v) is 4.82. The van der Waals surface area contributed by atoms with Crippen LogP contribution < -0.4 is 4.90 Å². The van der Waals surface area contributed by atoms with Crippen LogP contribution in [0.4, 0.5) is 5.82 Å². The molecule has 2 unspecified atom stereocenters. The first kappa shape index (κ1) is 14.3. The van der Waals surface area contributed by atoms with Gasteiger partial charge < -0.3 is 9.64 Å². The maximum Gasteiger partial charge on any atom is 0.139 e. The molecule has 4 nitrogen and oxygen atoms in total. The topological polar surface area (TPSA) is 38.2 Å². The predicted octanol–water partition coefficient (Wildman–Crippen LogP) is 3.27. The van der Waals surface area contributed by atoms with Crippen molar-refractivity contribution in [2.45, 2.75) is 39.3 Å². The van der Waals surface area contributed by atoms with Crippen molar-refractivity contribution in [1.82, 2.24) is 9.97 Å². The van der Waals surface area contributed by atoms with Gasteiger partial charge in [-0.05, 0) is 25.5 Å². The highest BCUT2D eigenvalue weighted by Crippen LogP contribution is 2.46. The number of benzene rings is 1. The van der Waals surface area contributed by atoms with Gasteiger partial charge in [-0.25, -0.2) is 9.97 Å². The fraction of sp³-hybridized carbons (Fsp3) is 0.529. The summed E-state index contributed by atoms with van der Waals surface area (Å²) in [6.07, 6.45) is 3.04. The van der Waals surface area contributed by atoms with Crippen LogP contribution in [0.15, 0.2) is 30.6 Å². The summed E-state index contributed by atoms with van der Waals surface area (Å²) in [5.74, 6) is 1.01. The van der Waals surface area contributed by atoms with Crippen molar-refractivity contribution in [3.8, 4) is 0 Å². The summed E-state index contributed by atoms with van der Waals surface area (Å²) in [5, 5.41) is 1.11. The Morgan fingerprint density at radius 1 is 1.29 bits per heavy atom. The smallest absolute Gasteiger partial charge is 0.139 e. The lowest BCUT2D eigenvalue weighted by atomic mass is 9.64. The molecule has 1 aliphatic carbocycles. The van der Waals surface area contributed by atoms with E-state index in [1.54, 1.807) is 6.33 Å². The van der Waals surface area contributed by atoms with Crippen molar-refractivity contribution >= 4 is 16.7 Å². The Morgan fingerprint density at radius 3 is 2.76 bits per heavy atom. The largest absolute Gasteiger partial charge is 0.378 e. The van der Waals surface area contributed by atoms with E-state index in [2.05, 4.69) is 48.8 Å². The second-order valence-corrected chi connectivity index (χ2v) is 6.34. The van der Waals surface area contributed by atoms with Gasteiger partial charge in [-0.2, -0.15) is 0 Å². The Kier molecular flexibility index (Phi) is 3.57. The molecule has 1 aliphatic rings. The lowest BCUT2D eigenvalue weighted by molar-refractivity contribution is -0.104. The van der Waals surface area contributed by atoms with Gasteiger partial charge in [0.25, 0.3) is 0 Å². The molecule has 0 amide bonds. The maximum absolute atomic E-state index is 5.84. The van der Waals surface area contributed by atoms with Crippen LogP contribution >= 0.6 is 0 Å². The Labute approximate surface area is 126 Å². The number of anilines is 1. The van der Waals surface area contributed by atoms with E-state index in [1.165, 1.54) is 0 Å². The van der Waals surface area contributed by atoms with Crippen molar-refractivity contribution in [1.29, 1.82) is 0 Å². The van der Waals surface area contributed by atoms with E-state index in [0.717, 1.165) is 29.7 Å². The molecule has 1 heterocycles. The molecule has 2 atom stereocenters. The molecule has 0 radical (unpaired) electrons. The Hall–Kier alpha value is -1.68. The van der Waals surface area contributed by atoms with Gasteiger partial charge in [-0.15, -0.1) is 0 Å². The molecule has 2 aromatic rings. The lowest BCUT2D eigenvalue weighted by Crippen LogP contribution is -2.61. The molecule has 0 bridgehead atoms. The first-order chi connectivity index (χ1) is 10.1. The fourth-order valence-corrected chi connectivity index (χ4v) is 3.42. The highest BCUT2D eigenvalue weighted by Gasteiger charge is 2.51. The number of rotatable bonds is 4. The molecule has 4 heteroatoms. The van der Waals surface area contributed by atoms with Crippen molar-refractivity contribution in [2.75, 3.05) is 18.6 Å². The summed E-state index contributed by atoms with van der Waals surface area (Å²) < 4.78 is 5.84. The summed E-state index contributed by atoms with van der Waals surface area (Å²) >= 11 is 0. The molecule has 1 aromatic carbocycles. The van der Waals surface area contributed by atoms with E-state index < -0.39 is 0 Å². The minimum atomic E-state index is 0.136. The van der Waals surface area contributed by atoms with Gasteiger partial charge in [0, 0.05) is 30.5 Å². The van der Waals surface area contributed by atoms with E-state index in [-0.39, 0.29) is 5.41 Å². The summed E-state index contributed by atoms with van der Waals surface area (Å²) in [4.78, 5) is 11.2. The minimum Gasteiger partial charge on any atom is -0.378 e. The second-order valence-electron chi connectivity index (χ2n) is 6.34. The van der Waals surface area contributed by atoms with Crippen LogP contribution in [0.5, 0.6) is 0 Å². The highest BCUT2D eigenvalue weighted by molar-refractivity contribution is 5.89. The maximum atomic E-state index is 5.84. The molecule has 112 valence electrons. The zero-order valence-electron chi connectivity index (χ0n) is 13.2. The number of aromatic nitrogens is 2. The minimum absolute atomic E-state index is 0.136. The predicted molar refractivity (Wildman–Crippen MR) is 85.5 cm³/mol. The fourth-order valence-electron chi connectivity index (χ4n) is 3.42. The van der Waals surface area contributed by atoms with Gasteiger partial charge in [-0.3, -0.25) is 0 Å². The quantitative estimate of drug-likeness (QED) is 0.864. The van der Waals surface area contributed by atoms with Gasteiger partial charge in [0.2, 0.25) is 0 Å². The number of hydrogen-bond donors (Lipinski definition) is 0. The SMILES string of the molecule is CCOC1CC(N(C)c2ncnc3ccccc23)C1(C)C. The van der Waals surface area contributed by atoms with Crippen LogP contribution in [0.3, 0.4) is 0 Å². The van der Waals surface area contributed by atoms with Crippen LogP contribution in [0.2, 0.25) is 0 Å². The van der Waals surface area contributed by atoms with Crippen molar-refractivity contribution in [2.24, 2.45) is 5.41 Å². The summed E-state index contributed by atoms with van der Waals surface area (Å²) in [6, 6.07) is 8.61. The van der Waals surface area contributed by atoms with E-state index in [0.29, 0.717) is 12.1 Å². The van der Waals surface area contributed by atoms with Crippen molar-refractivity contribution in [3.05, 3.63) is 30.6 Å². The molecule has 1 fully saturated rings. The number of para-hydroxylation sites is 1. The molecule has 0 saturated heterocycles. The Morgan fingerprint density at radius 2 is 2.05 bits per heavy atom. The zero-order chi connectivity index (χ0) is 15.0. The van der Waals surface area contributed by atoms with Crippen LogP contribution in [0.25, 0.3) is 10.9 Å². The molecule has 0 spiro atoms. The third kappa shape index (κ3) is 2.27.